The number of urea groups is 1. The van der Waals surface area contributed by atoms with E-state index in [0.29, 0.717) is 5.02 Å². The zero-order chi connectivity index (χ0) is 16.6. The van der Waals surface area contributed by atoms with Crippen LogP contribution in [0.1, 0.15) is 11.1 Å². The van der Waals surface area contributed by atoms with Crippen LogP contribution in [0.3, 0.4) is 0 Å². The first-order valence-corrected chi connectivity index (χ1v) is 9.26. The van der Waals surface area contributed by atoms with Crippen molar-refractivity contribution in [3.8, 4) is 0 Å². The number of anilines is 1. The van der Waals surface area contributed by atoms with E-state index in [1.807, 2.05) is 42.5 Å². The number of hydrogen-bond acceptors (Lipinski definition) is 2. The van der Waals surface area contributed by atoms with Crippen molar-refractivity contribution in [2.24, 2.45) is 0 Å². The van der Waals surface area contributed by atoms with E-state index >= 15 is 0 Å². The molecule has 6 heteroatoms. The van der Waals surface area contributed by atoms with Crippen molar-refractivity contribution >= 4 is 34.5 Å². The first-order valence-electron chi connectivity index (χ1n) is 7.15. The van der Waals surface area contributed by atoms with Crippen LogP contribution in [0.5, 0.6) is 0 Å². The third-order valence-electron chi connectivity index (χ3n) is 4.09. The highest BCUT2D eigenvalue weighted by Gasteiger charge is 2.46. The smallest absolute Gasteiger partial charge is 0.322 e. The van der Waals surface area contributed by atoms with Crippen molar-refractivity contribution in [2.45, 2.75) is 5.54 Å². The maximum Gasteiger partial charge on any atom is 0.322 e. The molecular weight excluding hydrogens is 332 g/mol. The first kappa shape index (κ1) is 16.2. The van der Waals surface area contributed by atoms with E-state index in [4.69, 9.17) is 11.6 Å². The summed E-state index contributed by atoms with van der Waals surface area (Å²) in [4.78, 5) is 14.0. The van der Waals surface area contributed by atoms with Gasteiger partial charge in [0, 0.05) is 17.6 Å². The minimum atomic E-state index is -1.12. The molecule has 1 aliphatic heterocycles. The summed E-state index contributed by atoms with van der Waals surface area (Å²) in [7, 11) is 1.71. The third kappa shape index (κ3) is 2.80. The van der Waals surface area contributed by atoms with Crippen LogP contribution in [0.25, 0.3) is 0 Å². The number of carbonyl (C=O) groups excluding carboxylic acids is 1. The van der Waals surface area contributed by atoms with Gasteiger partial charge < -0.3 is 9.87 Å². The SMILES string of the molecule is CN1C(=O)NC(C[S+](C)[O-])(c2ccccc2)c2cc(Cl)ccc21. The molecule has 2 unspecified atom stereocenters. The van der Waals surface area contributed by atoms with E-state index in [0.717, 1.165) is 16.8 Å². The Labute approximate surface area is 143 Å². The van der Waals surface area contributed by atoms with Crippen molar-refractivity contribution in [1.82, 2.24) is 5.32 Å². The van der Waals surface area contributed by atoms with Crippen LogP contribution in [0.2, 0.25) is 5.02 Å². The fourth-order valence-electron chi connectivity index (χ4n) is 3.04. The Balaban J connectivity index is 2.29. The summed E-state index contributed by atoms with van der Waals surface area (Å²) in [6, 6.07) is 14.8. The van der Waals surface area contributed by atoms with Gasteiger partial charge in [-0.1, -0.05) is 53.1 Å². The molecule has 1 heterocycles. The molecule has 0 spiro atoms. The Morgan fingerprint density at radius 1 is 1.26 bits per heavy atom. The van der Waals surface area contributed by atoms with Crippen LogP contribution < -0.4 is 10.2 Å². The number of fused-ring (bicyclic) bond motifs is 1. The quantitative estimate of drug-likeness (QED) is 0.866. The van der Waals surface area contributed by atoms with Gasteiger partial charge in [0.15, 0.2) is 0 Å². The molecule has 2 atom stereocenters. The Morgan fingerprint density at radius 3 is 2.61 bits per heavy atom. The standard InChI is InChI=1S/C17H17ClN2O2S/c1-20-15-9-8-13(18)10-14(15)17(11-23(2)22,19-16(20)21)12-6-4-3-5-7-12/h3-10H,11H2,1-2H3,(H,19,21). The Bertz CT molecular complexity index is 739. The van der Waals surface area contributed by atoms with E-state index in [-0.39, 0.29) is 11.8 Å². The molecule has 3 rings (SSSR count). The molecule has 0 fully saturated rings. The number of carbonyl (C=O) groups is 1. The van der Waals surface area contributed by atoms with Crippen molar-refractivity contribution in [2.75, 3.05) is 24.0 Å². The minimum absolute atomic E-state index is 0.228. The van der Waals surface area contributed by atoms with Gasteiger partial charge in [0.25, 0.3) is 0 Å². The van der Waals surface area contributed by atoms with E-state index in [1.54, 1.807) is 24.3 Å². The number of halogens is 1. The second-order valence-corrected chi connectivity index (χ2v) is 7.51. The second-order valence-electron chi connectivity index (χ2n) is 5.64. The number of amides is 2. The normalized spacial score (nSPS) is 21.6. The first-order chi connectivity index (χ1) is 10.9. The molecule has 0 aliphatic carbocycles. The van der Waals surface area contributed by atoms with Crippen LogP contribution in [-0.4, -0.2) is 29.6 Å². The molecule has 2 aromatic carbocycles. The predicted molar refractivity (Wildman–Crippen MR) is 94.5 cm³/mol. The highest BCUT2D eigenvalue weighted by molar-refractivity contribution is 7.90. The lowest BCUT2D eigenvalue weighted by Gasteiger charge is -2.42. The summed E-state index contributed by atoms with van der Waals surface area (Å²) >= 11 is 5.09. The summed E-state index contributed by atoms with van der Waals surface area (Å²) in [5.74, 6) is 0.282. The summed E-state index contributed by atoms with van der Waals surface area (Å²) in [5.41, 5.74) is 1.66. The molecule has 2 amide bonds. The van der Waals surface area contributed by atoms with Gasteiger partial charge in [0.1, 0.15) is 11.3 Å². The van der Waals surface area contributed by atoms with E-state index in [1.165, 1.54) is 0 Å². The van der Waals surface area contributed by atoms with Gasteiger partial charge in [0.05, 0.1) is 11.9 Å². The molecule has 120 valence electrons. The monoisotopic (exact) mass is 348 g/mol. The fourth-order valence-corrected chi connectivity index (χ4v) is 4.21. The highest BCUT2D eigenvalue weighted by Crippen LogP contribution is 2.41. The number of nitrogens with zero attached hydrogens (tertiary/aromatic N) is 1. The average molecular weight is 349 g/mol. The largest absolute Gasteiger partial charge is 0.616 e. The zero-order valence-corrected chi connectivity index (χ0v) is 14.4. The lowest BCUT2D eigenvalue weighted by atomic mass is 9.82. The van der Waals surface area contributed by atoms with E-state index < -0.39 is 16.7 Å². The van der Waals surface area contributed by atoms with E-state index in [9.17, 15) is 9.35 Å². The second kappa shape index (κ2) is 6.07. The lowest BCUT2D eigenvalue weighted by molar-refractivity contribution is 0.237. The van der Waals surface area contributed by atoms with Crippen LogP contribution in [-0.2, 0) is 16.7 Å². The zero-order valence-electron chi connectivity index (χ0n) is 12.9. The highest BCUT2D eigenvalue weighted by atomic mass is 35.5. The molecule has 0 saturated heterocycles. The maximum absolute atomic E-state index is 12.5. The molecule has 4 nitrogen and oxygen atoms in total. The van der Waals surface area contributed by atoms with E-state index in [2.05, 4.69) is 5.32 Å². The average Bonchev–Trinajstić information content (AvgIpc) is 2.52. The van der Waals surface area contributed by atoms with Gasteiger partial charge >= 0.3 is 6.03 Å². The molecule has 1 aliphatic rings. The number of nitrogens with one attached hydrogen (secondary N) is 1. The Kier molecular flexibility index (Phi) is 4.27. The molecule has 0 radical (unpaired) electrons. The number of rotatable bonds is 3. The Morgan fingerprint density at radius 2 is 1.96 bits per heavy atom. The number of hydrogen-bond donors (Lipinski definition) is 1. The molecule has 0 saturated carbocycles. The Hall–Kier alpha value is -1.69. The van der Waals surface area contributed by atoms with Gasteiger partial charge in [-0.05, 0) is 23.8 Å². The summed E-state index contributed by atoms with van der Waals surface area (Å²) < 4.78 is 12.1. The summed E-state index contributed by atoms with van der Waals surface area (Å²) in [6.07, 6.45) is 1.64. The van der Waals surface area contributed by atoms with Crippen LogP contribution in [0, 0.1) is 0 Å². The predicted octanol–water partition coefficient (Wildman–Crippen LogP) is 3.12. The topological polar surface area (TPSA) is 55.4 Å². The van der Waals surface area contributed by atoms with Crippen LogP contribution >= 0.6 is 11.6 Å². The molecular formula is C17H17ClN2O2S. The van der Waals surface area contributed by atoms with Crippen LogP contribution in [0.4, 0.5) is 10.5 Å². The van der Waals surface area contributed by atoms with Crippen molar-refractivity contribution < 1.29 is 9.35 Å². The fraction of sp³-hybridized carbons (Fsp3) is 0.235. The minimum Gasteiger partial charge on any atom is -0.616 e. The van der Waals surface area contributed by atoms with Gasteiger partial charge in [0.2, 0.25) is 0 Å². The van der Waals surface area contributed by atoms with Crippen LogP contribution in [0.15, 0.2) is 48.5 Å². The van der Waals surface area contributed by atoms with Gasteiger partial charge in [-0.15, -0.1) is 0 Å². The van der Waals surface area contributed by atoms with Crippen molar-refractivity contribution in [1.29, 1.82) is 0 Å². The molecule has 2 aromatic rings. The van der Waals surface area contributed by atoms with Gasteiger partial charge in [-0.25, -0.2) is 4.79 Å². The third-order valence-corrected chi connectivity index (χ3v) is 5.17. The molecule has 0 aromatic heterocycles. The molecule has 0 bridgehead atoms. The van der Waals surface area contributed by atoms with Crippen molar-refractivity contribution in [3.05, 3.63) is 64.7 Å². The summed E-state index contributed by atoms with van der Waals surface area (Å²) in [5, 5.41) is 3.63. The molecule has 23 heavy (non-hydrogen) atoms. The number of benzene rings is 2. The van der Waals surface area contributed by atoms with Gasteiger partial charge in [-0.3, -0.25) is 4.90 Å². The van der Waals surface area contributed by atoms with Crippen molar-refractivity contribution in [3.63, 3.8) is 0 Å². The van der Waals surface area contributed by atoms with Gasteiger partial charge in [-0.2, -0.15) is 0 Å². The maximum atomic E-state index is 12.5. The lowest BCUT2D eigenvalue weighted by Crippen LogP contribution is -2.58. The summed E-state index contributed by atoms with van der Waals surface area (Å²) in [6.45, 7) is 0. The molecule has 1 N–H and O–H groups in total.